The van der Waals surface area contributed by atoms with Crippen molar-refractivity contribution in [2.45, 2.75) is 25.7 Å². The lowest BCUT2D eigenvalue weighted by Crippen LogP contribution is -2.05. The van der Waals surface area contributed by atoms with Gasteiger partial charge in [0.2, 0.25) is 0 Å². The Morgan fingerprint density at radius 2 is 1.29 bits per heavy atom. The lowest BCUT2D eigenvalue weighted by Gasteiger charge is -2.02. The van der Waals surface area contributed by atoms with Gasteiger partial charge in [0.25, 0.3) is 0 Å². The Bertz CT molecular complexity index is 128. The van der Waals surface area contributed by atoms with E-state index in [0.717, 1.165) is 0 Å². The quantitative estimate of drug-likeness (QED) is 0.518. The van der Waals surface area contributed by atoms with Gasteiger partial charge in [-0.05, 0) is 25.7 Å². The summed E-state index contributed by atoms with van der Waals surface area (Å²) in [6.45, 7) is 0.890. The zero-order valence-corrected chi connectivity index (χ0v) is 9.00. The van der Waals surface area contributed by atoms with Crippen molar-refractivity contribution in [1.29, 1.82) is 0 Å². The Labute approximate surface area is 86.9 Å². The molecule has 5 nitrogen and oxygen atoms in total. The molecule has 0 unspecified atom stereocenters. The molecule has 14 heavy (non-hydrogen) atoms. The number of aliphatic hydroxyl groups is 2. The lowest BCUT2D eigenvalue weighted by molar-refractivity contribution is 0.219. The summed E-state index contributed by atoms with van der Waals surface area (Å²) in [5.41, 5.74) is 0. The zero-order chi connectivity index (χ0) is 10.6. The van der Waals surface area contributed by atoms with Crippen LogP contribution in [0.4, 0.5) is 0 Å². The summed E-state index contributed by atoms with van der Waals surface area (Å²) in [7, 11) is 0. The second kappa shape index (κ2) is 11.1. The molecule has 0 aliphatic heterocycles. The van der Waals surface area contributed by atoms with Gasteiger partial charge in [-0.3, -0.25) is 8.37 Å². The van der Waals surface area contributed by atoms with Gasteiger partial charge in [-0.2, -0.15) is 4.21 Å². The van der Waals surface area contributed by atoms with E-state index in [4.69, 9.17) is 18.6 Å². The first-order chi connectivity index (χ1) is 6.81. The first-order valence-corrected chi connectivity index (χ1v) is 5.71. The fourth-order valence-corrected chi connectivity index (χ4v) is 1.29. The maximum absolute atomic E-state index is 10.9. The summed E-state index contributed by atoms with van der Waals surface area (Å²) in [4.78, 5) is 0. The molecule has 0 aromatic rings. The van der Waals surface area contributed by atoms with E-state index in [1.807, 2.05) is 0 Å². The first kappa shape index (κ1) is 14.0. The van der Waals surface area contributed by atoms with E-state index in [0.29, 0.717) is 38.9 Å². The molecule has 0 bridgehead atoms. The zero-order valence-electron chi connectivity index (χ0n) is 8.18. The van der Waals surface area contributed by atoms with E-state index in [-0.39, 0.29) is 13.2 Å². The van der Waals surface area contributed by atoms with Gasteiger partial charge in [0.15, 0.2) is 0 Å². The Balaban J connectivity index is 3.11. The highest BCUT2D eigenvalue weighted by atomic mass is 32.2. The molecule has 0 spiro atoms. The van der Waals surface area contributed by atoms with E-state index in [9.17, 15) is 4.21 Å². The highest BCUT2D eigenvalue weighted by molar-refractivity contribution is 7.75. The van der Waals surface area contributed by atoms with E-state index < -0.39 is 11.4 Å². The summed E-state index contributed by atoms with van der Waals surface area (Å²) in [5.74, 6) is 0. The molecule has 0 aliphatic rings. The second-order valence-corrected chi connectivity index (χ2v) is 3.59. The minimum absolute atomic E-state index is 0.118. The summed E-state index contributed by atoms with van der Waals surface area (Å²) >= 11 is -1.69. The van der Waals surface area contributed by atoms with Crippen LogP contribution >= 0.6 is 0 Å². The van der Waals surface area contributed by atoms with Crippen molar-refractivity contribution in [3.63, 3.8) is 0 Å². The van der Waals surface area contributed by atoms with Crippen molar-refractivity contribution in [1.82, 2.24) is 0 Å². The largest absolute Gasteiger partial charge is 0.396 e. The van der Waals surface area contributed by atoms with Crippen molar-refractivity contribution >= 4 is 11.4 Å². The number of unbranched alkanes of at least 4 members (excludes halogenated alkanes) is 2. The smallest absolute Gasteiger partial charge is 0.304 e. The maximum Gasteiger partial charge on any atom is 0.304 e. The molecular weight excluding hydrogens is 208 g/mol. The van der Waals surface area contributed by atoms with Gasteiger partial charge in [0, 0.05) is 13.2 Å². The van der Waals surface area contributed by atoms with Crippen LogP contribution in [0.25, 0.3) is 0 Å². The molecule has 0 radical (unpaired) electrons. The van der Waals surface area contributed by atoms with Crippen molar-refractivity contribution in [3.05, 3.63) is 0 Å². The van der Waals surface area contributed by atoms with E-state index in [1.54, 1.807) is 0 Å². The third-order valence-electron chi connectivity index (χ3n) is 1.46. The predicted octanol–water partition coefficient (Wildman–Crippen LogP) is 0.143. The minimum Gasteiger partial charge on any atom is -0.396 e. The van der Waals surface area contributed by atoms with E-state index in [2.05, 4.69) is 0 Å². The summed E-state index contributed by atoms with van der Waals surface area (Å²) in [5, 5.41) is 16.9. The maximum atomic E-state index is 10.9. The molecule has 6 heteroatoms. The lowest BCUT2D eigenvalue weighted by atomic mass is 10.3. The van der Waals surface area contributed by atoms with Crippen molar-refractivity contribution in [2.75, 3.05) is 26.4 Å². The fraction of sp³-hybridized carbons (Fsp3) is 1.00. The Morgan fingerprint density at radius 3 is 1.64 bits per heavy atom. The first-order valence-electron chi connectivity index (χ1n) is 4.71. The third-order valence-corrected chi connectivity index (χ3v) is 2.18. The van der Waals surface area contributed by atoms with Gasteiger partial charge < -0.3 is 10.2 Å². The molecular formula is C8H18O5S. The Kier molecular flexibility index (Phi) is 11.1. The molecule has 0 saturated heterocycles. The molecule has 0 amide bonds. The minimum atomic E-state index is -1.69. The number of hydrogen-bond acceptors (Lipinski definition) is 5. The van der Waals surface area contributed by atoms with Gasteiger partial charge in [0.1, 0.15) is 0 Å². The molecule has 0 atom stereocenters. The molecule has 0 fully saturated rings. The van der Waals surface area contributed by atoms with E-state index >= 15 is 0 Å². The van der Waals surface area contributed by atoms with Crippen LogP contribution < -0.4 is 0 Å². The molecule has 86 valence electrons. The van der Waals surface area contributed by atoms with Crippen molar-refractivity contribution in [3.8, 4) is 0 Å². The Morgan fingerprint density at radius 1 is 0.857 bits per heavy atom. The summed E-state index contributed by atoms with van der Waals surface area (Å²) < 4.78 is 20.5. The predicted molar refractivity (Wildman–Crippen MR) is 52.7 cm³/mol. The number of rotatable bonds is 10. The van der Waals surface area contributed by atoms with Crippen molar-refractivity contribution in [2.24, 2.45) is 0 Å². The molecule has 0 aromatic heterocycles. The van der Waals surface area contributed by atoms with Crippen LogP contribution in [0.3, 0.4) is 0 Å². The summed E-state index contributed by atoms with van der Waals surface area (Å²) in [6.07, 6.45) is 2.62. The average Bonchev–Trinajstić information content (AvgIpc) is 2.19. The van der Waals surface area contributed by atoms with Gasteiger partial charge >= 0.3 is 11.4 Å². The monoisotopic (exact) mass is 226 g/mol. The molecule has 0 aromatic carbocycles. The van der Waals surface area contributed by atoms with Crippen LogP contribution in [0, 0.1) is 0 Å². The van der Waals surface area contributed by atoms with Crippen LogP contribution in [0.1, 0.15) is 25.7 Å². The average molecular weight is 226 g/mol. The third kappa shape index (κ3) is 10.1. The van der Waals surface area contributed by atoms with Gasteiger partial charge in [-0.25, -0.2) is 0 Å². The Hall–Kier alpha value is -0.0100. The standard InChI is InChI=1S/C8H18O5S/c9-5-1-3-7-12-14(11)13-8-4-2-6-10/h9-10H,1-8H2. The molecule has 0 rings (SSSR count). The second-order valence-electron chi connectivity index (χ2n) is 2.71. The molecule has 2 N–H and O–H groups in total. The highest BCUT2D eigenvalue weighted by Gasteiger charge is 1.99. The normalized spacial score (nSPS) is 11.1. The van der Waals surface area contributed by atoms with Crippen LogP contribution in [-0.2, 0) is 19.7 Å². The summed E-state index contributed by atoms with van der Waals surface area (Å²) in [6, 6.07) is 0. The number of hydrogen-bond donors (Lipinski definition) is 2. The van der Waals surface area contributed by atoms with Crippen LogP contribution in [0.15, 0.2) is 0 Å². The van der Waals surface area contributed by atoms with Crippen molar-refractivity contribution < 1.29 is 22.8 Å². The number of aliphatic hydroxyl groups excluding tert-OH is 2. The van der Waals surface area contributed by atoms with Gasteiger partial charge in [-0.15, -0.1) is 0 Å². The van der Waals surface area contributed by atoms with Crippen LogP contribution in [-0.4, -0.2) is 40.8 Å². The SMILES string of the molecule is O=S(OCCCCO)OCCCCO. The van der Waals surface area contributed by atoms with Gasteiger partial charge in [0.05, 0.1) is 13.2 Å². The fourth-order valence-electron chi connectivity index (χ4n) is 0.716. The molecule has 0 saturated carbocycles. The molecule has 0 heterocycles. The van der Waals surface area contributed by atoms with E-state index in [1.165, 1.54) is 0 Å². The molecule has 0 aliphatic carbocycles. The topological polar surface area (TPSA) is 76.0 Å². The highest BCUT2D eigenvalue weighted by Crippen LogP contribution is 1.96. The van der Waals surface area contributed by atoms with Crippen LogP contribution in [0.5, 0.6) is 0 Å². The van der Waals surface area contributed by atoms with Crippen LogP contribution in [0.2, 0.25) is 0 Å². The van der Waals surface area contributed by atoms with Gasteiger partial charge in [-0.1, -0.05) is 0 Å².